The van der Waals surface area contributed by atoms with Crippen molar-refractivity contribution in [2.24, 2.45) is 0 Å². The van der Waals surface area contributed by atoms with Crippen LogP contribution in [0.3, 0.4) is 0 Å². The number of pyridine rings is 1. The van der Waals surface area contributed by atoms with Gasteiger partial charge in [0.2, 0.25) is 0 Å². The first kappa shape index (κ1) is 9.55. The van der Waals surface area contributed by atoms with Crippen LogP contribution in [0.2, 0.25) is 5.02 Å². The van der Waals surface area contributed by atoms with E-state index in [1.807, 2.05) is 0 Å². The van der Waals surface area contributed by atoms with Gasteiger partial charge in [-0.1, -0.05) is 34.1 Å². The van der Waals surface area contributed by atoms with E-state index in [-0.39, 0.29) is 0 Å². The lowest BCUT2D eigenvalue weighted by molar-refractivity contribution is 0.359. The van der Waals surface area contributed by atoms with Gasteiger partial charge in [-0.05, 0) is 0 Å². The van der Waals surface area contributed by atoms with Crippen molar-refractivity contribution < 1.29 is 4.74 Å². The third-order valence-corrected chi connectivity index (χ3v) is 1.51. The van der Waals surface area contributed by atoms with Crippen LogP contribution in [-0.2, 0) is 0 Å². The number of ether oxygens (including phenoxy) is 1. The molecule has 0 saturated heterocycles. The van der Waals surface area contributed by atoms with E-state index in [1.54, 1.807) is 18.5 Å². The lowest BCUT2D eigenvalue weighted by Gasteiger charge is -2.03. The lowest BCUT2D eigenvalue weighted by Crippen LogP contribution is -1.95. The highest BCUT2D eigenvalue weighted by Gasteiger charge is 1.95. The average molecular weight is 249 g/mol. The van der Waals surface area contributed by atoms with Crippen LogP contribution < -0.4 is 4.74 Å². The minimum Gasteiger partial charge on any atom is -0.487 e. The van der Waals surface area contributed by atoms with E-state index >= 15 is 0 Å². The van der Waals surface area contributed by atoms with Gasteiger partial charge in [0, 0.05) is 16.7 Å². The first-order chi connectivity index (χ1) is 5.68. The maximum atomic E-state index is 5.68. The highest BCUT2D eigenvalue weighted by Crippen LogP contribution is 2.16. The molecule has 0 amide bonds. The smallest absolute Gasteiger partial charge is 0.139 e. The number of nitrogens with zero attached hydrogens (tertiary/aromatic N) is 1. The fraction of sp³-hybridized carbons (Fsp3) is 0.125. The molecular weight excluding hydrogens is 241 g/mol. The van der Waals surface area contributed by atoms with Crippen LogP contribution in [0.15, 0.2) is 29.5 Å². The number of halogens is 2. The monoisotopic (exact) mass is 247 g/mol. The van der Waals surface area contributed by atoms with Crippen molar-refractivity contribution in [2.75, 3.05) is 6.61 Å². The molecule has 12 heavy (non-hydrogen) atoms. The zero-order chi connectivity index (χ0) is 8.97. The largest absolute Gasteiger partial charge is 0.487 e. The van der Waals surface area contributed by atoms with Crippen molar-refractivity contribution in [1.82, 2.24) is 4.98 Å². The van der Waals surface area contributed by atoms with E-state index in [2.05, 4.69) is 27.5 Å². The molecule has 0 bridgehead atoms. The summed E-state index contributed by atoms with van der Waals surface area (Å²) in [6, 6.07) is 1.70. The van der Waals surface area contributed by atoms with Crippen LogP contribution in [0.5, 0.6) is 5.75 Å². The summed E-state index contributed by atoms with van der Waals surface area (Å²) in [7, 11) is 0. The van der Waals surface area contributed by atoms with Gasteiger partial charge in [0.1, 0.15) is 12.4 Å². The topological polar surface area (TPSA) is 22.1 Å². The Morgan fingerprint density at radius 3 is 3.00 bits per heavy atom. The molecule has 1 heterocycles. The Kier molecular flexibility index (Phi) is 3.56. The summed E-state index contributed by atoms with van der Waals surface area (Å²) in [6.45, 7) is 4.05. The van der Waals surface area contributed by atoms with E-state index in [4.69, 9.17) is 16.3 Å². The Balaban J connectivity index is 2.57. The second-order valence-corrected chi connectivity index (χ2v) is 3.70. The molecule has 2 nitrogen and oxygen atoms in total. The van der Waals surface area contributed by atoms with Crippen molar-refractivity contribution in [3.8, 4) is 5.75 Å². The Bertz CT molecular complexity index is 290. The predicted molar refractivity (Wildman–Crippen MR) is 52.8 cm³/mol. The molecule has 0 aromatic carbocycles. The molecule has 0 fully saturated rings. The van der Waals surface area contributed by atoms with E-state index in [1.165, 1.54) is 0 Å². The predicted octanol–water partition coefficient (Wildman–Crippen LogP) is 3.02. The van der Waals surface area contributed by atoms with Gasteiger partial charge >= 0.3 is 0 Å². The molecule has 0 aliphatic carbocycles. The molecule has 0 N–H and O–H groups in total. The van der Waals surface area contributed by atoms with Crippen molar-refractivity contribution >= 4 is 27.5 Å². The van der Waals surface area contributed by atoms with E-state index in [0.717, 1.165) is 4.48 Å². The average Bonchev–Trinajstić information content (AvgIpc) is 2.01. The molecule has 0 unspecified atom stereocenters. The summed E-state index contributed by atoms with van der Waals surface area (Å²) in [6.07, 6.45) is 3.15. The molecule has 0 atom stereocenters. The first-order valence-corrected chi connectivity index (χ1v) is 4.42. The molecule has 1 rings (SSSR count). The van der Waals surface area contributed by atoms with E-state index in [9.17, 15) is 0 Å². The van der Waals surface area contributed by atoms with Gasteiger partial charge in [-0.15, -0.1) is 0 Å². The van der Waals surface area contributed by atoms with Crippen LogP contribution in [0.1, 0.15) is 0 Å². The fourth-order valence-electron chi connectivity index (χ4n) is 0.633. The van der Waals surface area contributed by atoms with Crippen molar-refractivity contribution in [1.29, 1.82) is 0 Å². The Morgan fingerprint density at radius 2 is 2.42 bits per heavy atom. The summed E-state index contributed by atoms with van der Waals surface area (Å²) in [5, 5.41) is 0.563. The van der Waals surface area contributed by atoms with Gasteiger partial charge in [0.15, 0.2) is 0 Å². The van der Waals surface area contributed by atoms with Gasteiger partial charge in [0.05, 0.1) is 11.2 Å². The maximum absolute atomic E-state index is 5.68. The molecular formula is C8H7BrClNO. The van der Waals surface area contributed by atoms with E-state index < -0.39 is 0 Å². The summed E-state index contributed by atoms with van der Waals surface area (Å²) in [5.41, 5.74) is 0. The van der Waals surface area contributed by atoms with Crippen molar-refractivity contribution in [3.05, 3.63) is 34.5 Å². The van der Waals surface area contributed by atoms with Crippen LogP contribution in [0, 0.1) is 0 Å². The van der Waals surface area contributed by atoms with Crippen LogP contribution in [0.4, 0.5) is 0 Å². The van der Waals surface area contributed by atoms with Gasteiger partial charge in [0.25, 0.3) is 0 Å². The van der Waals surface area contributed by atoms with Crippen molar-refractivity contribution in [2.45, 2.75) is 0 Å². The van der Waals surface area contributed by atoms with Gasteiger partial charge < -0.3 is 4.74 Å². The number of rotatable bonds is 3. The minimum absolute atomic E-state index is 0.419. The minimum atomic E-state index is 0.419. The highest BCUT2D eigenvalue weighted by molar-refractivity contribution is 9.11. The first-order valence-electron chi connectivity index (χ1n) is 3.25. The Labute approximate surface area is 84.3 Å². The number of hydrogen-bond donors (Lipinski definition) is 0. The van der Waals surface area contributed by atoms with Gasteiger partial charge in [-0.3, -0.25) is 4.98 Å². The normalized spacial score (nSPS) is 9.50. The Hall–Kier alpha value is -0.540. The zero-order valence-corrected chi connectivity index (χ0v) is 8.60. The molecule has 4 heteroatoms. The third kappa shape index (κ3) is 3.24. The van der Waals surface area contributed by atoms with Crippen LogP contribution >= 0.6 is 27.5 Å². The standard InChI is InChI=1S/C8H7BrClNO/c1-6(9)5-12-8-2-7(10)3-11-4-8/h2-4H,1,5H2. The molecule has 1 aromatic rings. The van der Waals surface area contributed by atoms with Gasteiger partial charge in [-0.2, -0.15) is 0 Å². The molecule has 0 aliphatic heterocycles. The summed E-state index contributed by atoms with van der Waals surface area (Å²) in [4.78, 5) is 3.86. The molecule has 0 radical (unpaired) electrons. The van der Waals surface area contributed by atoms with Crippen molar-refractivity contribution in [3.63, 3.8) is 0 Å². The molecule has 64 valence electrons. The highest BCUT2D eigenvalue weighted by atomic mass is 79.9. The fourth-order valence-corrected chi connectivity index (χ4v) is 0.911. The maximum Gasteiger partial charge on any atom is 0.139 e. The third-order valence-electron chi connectivity index (χ3n) is 1.08. The lowest BCUT2D eigenvalue weighted by atomic mass is 10.4. The quantitative estimate of drug-likeness (QED) is 0.820. The summed E-state index contributed by atoms with van der Waals surface area (Å²) < 4.78 is 6.03. The molecule has 0 aliphatic rings. The Morgan fingerprint density at radius 1 is 1.67 bits per heavy atom. The van der Waals surface area contributed by atoms with E-state index in [0.29, 0.717) is 17.4 Å². The number of hydrogen-bond acceptors (Lipinski definition) is 2. The second kappa shape index (κ2) is 4.48. The summed E-state index contributed by atoms with van der Waals surface area (Å²) in [5.74, 6) is 0.642. The van der Waals surface area contributed by atoms with Crippen LogP contribution in [0.25, 0.3) is 0 Å². The molecule has 0 saturated carbocycles. The number of aromatic nitrogens is 1. The van der Waals surface area contributed by atoms with Crippen LogP contribution in [-0.4, -0.2) is 11.6 Å². The summed E-state index contributed by atoms with van der Waals surface area (Å²) >= 11 is 8.86. The molecule has 0 spiro atoms. The zero-order valence-electron chi connectivity index (χ0n) is 6.26. The SMILES string of the molecule is C=C(Br)COc1cncc(Cl)c1. The molecule has 1 aromatic heterocycles. The second-order valence-electron chi connectivity index (χ2n) is 2.14. The van der Waals surface area contributed by atoms with Gasteiger partial charge in [-0.25, -0.2) is 0 Å².